The van der Waals surface area contributed by atoms with Crippen molar-refractivity contribution in [1.29, 1.82) is 0 Å². The average Bonchev–Trinajstić information content (AvgIpc) is 3.05. The van der Waals surface area contributed by atoms with E-state index in [0.717, 1.165) is 27.8 Å². The Balaban J connectivity index is 1.88. The Morgan fingerprint density at radius 1 is 1.04 bits per heavy atom. The van der Waals surface area contributed by atoms with E-state index in [1.54, 1.807) is 31.4 Å². The first-order valence-corrected chi connectivity index (χ1v) is 8.22. The summed E-state index contributed by atoms with van der Waals surface area (Å²) in [6.07, 6.45) is 1.51. The molecule has 0 atom stereocenters. The molecule has 0 saturated heterocycles. The van der Waals surface area contributed by atoms with E-state index in [9.17, 15) is 4.79 Å². The van der Waals surface area contributed by atoms with Gasteiger partial charge in [-0.25, -0.2) is 4.79 Å². The van der Waals surface area contributed by atoms with Crippen LogP contribution in [0.2, 0.25) is 0 Å². The summed E-state index contributed by atoms with van der Waals surface area (Å²) in [5.41, 5.74) is 3.04. The predicted molar refractivity (Wildman–Crippen MR) is 94.0 cm³/mol. The van der Waals surface area contributed by atoms with Crippen molar-refractivity contribution in [3.8, 4) is 11.5 Å². The fourth-order valence-electron chi connectivity index (χ4n) is 2.75. The van der Waals surface area contributed by atoms with Gasteiger partial charge >= 0.3 is 5.97 Å². The molecule has 0 bridgehead atoms. The van der Waals surface area contributed by atoms with Crippen LogP contribution < -0.4 is 9.47 Å². The molecule has 2 aromatic carbocycles. The molecular weight excluding hydrogens is 374 g/mol. The maximum Gasteiger partial charge on any atom is 0.369 e. The molecule has 0 unspecified atom stereocenters. The monoisotopic (exact) mass is 389 g/mol. The maximum atomic E-state index is 12.3. The van der Waals surface area contributed by atoms with Crippen LogP contribution in [0.1, 0.15) is 27.9 Å². The van der Waals surface area contributed by atoms with Crippen LogP contribution in [0.4, 0.5) is 0 Å². The number of hydrogen-bond donors (Lipinski definition) is 0. The van der Waals surface area contributed by atoms with Gasteiger partial charge in [0.2, 0.25) is 0 Å². The lowest BCUT2D eigenvalue weighted by molar-refractivity contribution is 0.0512. The molecule has 0 aromatic heterocycles. The Bertz CT molecular complexity index is 817. The van der Waals surface area contributed by atoms with Gasteiger partial charge in [0, 0.05) is 10.0 Å². The second kappa shape index (κ2) is 7.05. The summed E-state index contributed by atoms with van der Waals surface area (Å²) < 4.78 is 11.6. The Labute approximate surface area is 148 Å². The normalized spacial score (nSPS) is 14.4. The summed E-state index contributed by atoms with van der Waals surface area (Å²) in [7, 11) is 3.12. The molecule has 0 N–H and O–H groups in total. The molecule has 0 aliphatic heterocycles. The van der Waals surface area contributed by atoms with Gasteiger partial charge in [0.05, 0.1) is 19.9 Å². The highest BCUT2D eigenvalue weighted by Crippen LogP contribution is 2.36. The maximum absolute atomic E-state index is 12.3. The fourth-order valence-corrected chi connectivity index (χ4v) is 3.28. The third-order valence-corrected chi connectivity index (χ3v) is 4.65. The number of rotatable bonds is 4. The lowest BCUT2D eigenvalue weighted by Crippen LogP contribution is -2.06. The van der Waals surface area contributed by atoms with Gasteiger partial charge in [-0.05, 0) is 42.7 Å². The number of oxime groups is 1. The molecule has 1 aliphatic carbocycles. The van der Waals surface area contributed by atoms with E-state index in [1.807, 2.05) is 12.1 Å². The highest BCUT2D eigenvalue weighted by Gasteiger charge is 2.25. The predicted octanol–water partition coefficient (Wildman–Crippen LogP) is 3.97. The van der Waals surface area contributed by atoms with Crippen molar-refractivity contribution in [3.05, 3.63) is 57.6 Å². The van der Waals surface area contributed by atoms with Gasteiger partial charge in [-0.2, -0.15) is 0 Å². The number of methoxy groups -OCH3 is 2. The van der Waals surface area contributed by atoms with Crippen molar-refractivity contribution >= 4 is 27.6 Å². The quantitative estimate of drug-likeness (QED) is 0.586. The third-order valence-electron chi connectivity index (χ3n) is 3.90. The molecule has 124 valence electrons. The molecule has 0 amide bonds. The third kappa shape index (κ3) is 3.01. The standard InChI is InChI=1S/C18H16BrNO4/c1-22-15-6-4-3-5-12(15)18(21)24-20-14-9-7-11-13(19)8-10-16(23-2)17(11)14/h3-6,8,10H,7,9H2,1-2H3/b20-14+. The number of hydrogen-bond acceptors (Lipinski definition) is 5. The van der Waals surface area contributed by atoms with Crippen LogP contribution in [0.25, 0.3) is 0 Å². The molecule has 0 heterocycles. The zero-order valence-electron chi connectivity index (χ0n) is 13.3. The van der Waals surface area contributed by atoms with E-state index in [-0.39, 0.29) is 0 Å². The summed E-state index contributed by atoms with van der Waals surface area (Å²) in [5, 5.41) is 4.08. The molecule has 3 rings (SSSR count). The van der Waals surface area contributed by atoms with Crippen LogP contribution in [0, 0.1) is 0 Å². The minimum atomic E-state index is -0.553. The highest BCUT2D eigenvalue weighted by atomic mass is 79.9. The number of nitrogens with zero attached hydrogens (tertiary/aromatic N) is 1. The summed E-state index contributed by atoms with van der Waals surface area (Å²) >= 11 is 3.54. The first-order valence-electron chi connectivity index (χ1n) is 7.42. The van der Waals surface area contributed by atoms with Gasteiger partial charge < -0.3 is 14.3 Å². The minimum absolute atomic E-state index is 0.337. The lowest BCUT2D eigenvalue weighted by atomic mass is 10.1. The van der Waals surface area contributed by atoms with Gasteiger partial charge in [0.1, 0.15) is 17.1 Å². The number of ether oxygens (including phenoxy) is 2. The van der Waals surface area contributed by atoms with Crippen LogP contribution in [0.3, 0.4) is 0 Å². The van der Waals surface area contributed by atoms with Crippen molar-refractivity contribution in [2.45, 2.75) is 12.8 Å². The Morgan fingerprint density at radius 3 is 2.54 bits per heavy atom. The number of carbonyl (C=O) groups excluding carboxylic acids is 1. The van der Waals surface area contributed by atoms with Gasteiger partial charge in [0.25, 0.3) is 0 Å². The van der Waals surface area contributed by atoms with Gasteiger partial charge in [0.15, 0.2) is 0 Å². The smallest absolute Gasteiger partial charge is 0.369 e. The highest BCUT2D eigenvalue weighted by molar-refractivity contribution is 9.10. The molecule has 1 aliphatic rings. The number of para-hydroxylation sites is 1. The number of halogens is 1. The van der Waals surface area contributed by atoms with E-state index >= 15 is 0 Å². The molecule has 2 aromatic rings. The molecule has 0 radical (unpaired) electrons. The lowest BCUT2D eigenvalue weighted by Gasteiger charge is -2.09. The summed E-state index contributed by atoms with van der Waals surface area (Å²) in [5.74, 6) is 0.620. The molecule has 0 saturated carbocycles. The molecule has 6 heteroatoms. The van der Waals surface area contributed by atoms with Crippen LogP contribution in [0.5, 0.6) is 11.5 Å². The Morgan fingerprint density at radius 2 is 1.79 bits per heavy atom. The molecule has 0 spiro atoms. The van der Waals surface area contributed by atoms with E-state index < -0.39 is 5.97 Å². The van der Waals surface area contributed by atoms with Gasteiger partial charge in [-0.1, -0.05) is 33.2 Å². The first kappa shape index (κ1) is 16.5. The van der Waals surface area contributed by atoms with E-state index in [2.05, 4.69) is 21.1 Å². The number of benzene rings is 2. The largest absolute Gasteiger partial charge is 0.496 e. The Hall–Kier alpha value is -2.34. The van der Waals surface area contributed by atoms with Gasteiger partial charge in [-0.3, -0.25) is 0 Å². The van der Waals surface area contributed by atoms with Crippen molar-refractivity contribution in [1.82, 2.24) is 0 Å². The fraction of sp³-hybridized carbons (Fsp3) is 0.222. The van der Waals surface area contributed by atoms with E-state index in [1.165, 1.54) is 7.11 Å². The van der Waals surface area contributed by atoms with Crippen molar-refractivity contribution in [2.24, 2.45) is 5.16 Å². The summed E-state index contributed by atoms with van der Waals surface area (Å²) in [6, 6.07) is 10.7. The zero-order chi connectivity index (χ0) is 17.1. The minimum Gasteiger partial charge on any atom is -0.496 e. The van der Waals surface area contributed by atoms with E-state index in [0.29, 0.717) is 23.4 Å². The first-order chi connectivity index (χ1) is 11.7. The number of fused-ring (bicyclic) bond motifs is 1. The number of carbonyl (C=O) groups is 1. The van der Waals surface area contributed by atoms with E-state index in [4.69, 9.17) is 14.3 Å². The van der Waals surface area contributed by atoms with Crippen molar-refractivity contribution < 1.29 is 19.1 Å². The Kier molecular flexibility index (Phi) is 4.85. The van der Waals surface area contributed by atoms with Gasteiger partial charge in [-0.15, -0.1) is 0 Å². The molecular formula is C18H16BrNO4. The summed E-state index contributed by atoms with van der Waals surface area (Å²) in [4.78, 5) is 17.4. The zero-order valence-corrected chi connectivity index (χ0v) is 14.9. The van der Waals surface area contributed by atoms with Crippen molar-refractivity contribution in [3.63, 3.8) is 0 Å². The second-order valence-electron chi connectivity index (χ2n) is 5.22. The van der Waals surface area contributed by atoms with Crippen molar-refractivity contribution in [2.75, 3.05) is 14.2 Å². The average molecular weight is 390 g/mol. The molecule has 5 nitrogen and oxygen atoms in total. The molecule has 0 fully saturated rings. The van der Waals surface area contributed by atoms with Crippen LogP contribution in [-0.2, 0) is 11.3 Å². The summed E-state index contributed by atoms with van der Waals surface area (Å²) in [6.45, 7) is 0. The van der Waals surface area contributed by atoms with Crippen LogP contribution in [-0.4, -0.2) is 25.9 Å². The topological polar surface area (TPSA) is 57.1 Å². The molecule has 24 heavy (non-hydrogen) atoms. The van der Waals surface area contributed by atoms with Crippen LogP contribution in [0.15, 0.2) is 46.0 Å². The van der Waals surface area contributed by atoms with Crippen LogP contribution >= 0.6 is 15.9 Å². The SMILES string of the molecule is COc1ccccc1C(=O)O/N=C1\CCc2c(Br)ccc(OC)c21. The second-order valence-corrected chi connectivity index (χ2v) is 6.07.